The summed E-state index contributed by atoms with van der Waals surface area (Å²) in [5.74, 6) is -0.503. The van der Waals surface area contributed by atoms with Gasteiger partial charge in [0.2, 0.25) is 5.91 Å². The van der Waals surface area contributed by atoms with Gasteiger partial charge < -0.3 is 11.1 Å². The van der Waals surface area contributed by atoms with Crippen molar-refractivity contribution in [2.24, 2.45) is 0 Å². The lowest BCUT2D eigenvalue weighted by Crippen LogP contribution is -2.20. The van der Waals surface area contributed by atoms with Crippen molar-refractivity contribution in [1.29, 1.82) is 0 Å². The van der Waals surface area contributed by atoms with Crippen molar-refractivity contribution in [3.63, 3.8) is 0 Å². The van der Waals surface area contributed by atoms with E-state index in [0.717, 1.165) is 5.56 Å². The fourth-order valence-electron chi connectivity index (χ4n) is 1.82. The van der Waals surface area contributed by atoms with Crippen LogP contribution < -0.4 is 11.1 Å². The fraction of sp³-hybridized carbons (Fsp3) is 0.133. The van der Waals surface area contributed by atoms with Crippen LogP contribution in [0.5, 0.6) is 0 Å². The van der Waals surface area contributed by atoms with Gasteiger partial charge in [0.1, 0.15) is 5.75 Å². The molecule has 2 rings (SSSR count). The predicted octanol–water partition coefficient (Wildman–Crippen LogP) is 2.98. The molecule has 0 heterocycles. The van der Waals surface area contributed by atoms with Crippen LogP contribution in [0.25, 0.3) is 0 Å². The van der Waals surface area contributed by atoms with Crippen LogP contribution in [-0.4, -0.2) is 15.9 Å². The second kappa shape index (κ2) is 6.74. The largest absolute Gasteiger partial charge is 0.398 e. The molecular formula is C15H15ClN2O2S. The highest BCUT2D eigenvalue weighted by Gasteiger charge is 2.13. The highest BCUT2D eigenvalue weighted by atomic mass is 35.5. The van der Waals surface area contributed by atoms with Crippen molar-refractivity contribution in [2.45, 2.75) is 11.8 Å². The maximum absolute atomic E-state index is 12.2. The van der Waals surface area contributed by atoms with E-state index in [4.69, 9.17) is 17.3 Å². The highest BCUT2D eigenvalue weighted by molar-refractivity contribution is 7.86. The number of benzene rings is 2. The van der Waals surface area contributed by atoms with Gasteiger partial charge in [-0.25, -0.2) is 0 Å². The number of aryl methyl sites for hydroxylation is 1. The van der Waals surface area contributed by atoms with E-state index in [1.807, 2.05) is 25.1 Å². The second-order valence-electron chi connectivity index (χ2n) is 4.59. The van der Waals surface area contributed by atoms with E-state index in [1.165, 1.54) is 6.07 Å². The van der Waals surface area contributed by atoms with Crippen molar-refractivity contribution in [3.8, 4) is 0 Å². The van der Waals surface area contributed by atoms with E-state index in [9.17, 15) is 9.00 Å². The van der Waals surface area contributed by atoms with E-state index in [2.05, 4.69) is 5.32 Å². The van der Waals surface area contributed by atoms with Gasteiger partial charge in [-0.15, -0.1) is 0 Å². The molecule has 0 radical (unpaired) electrons. The lowest BCUT2D eigenvalue weighted by Gasteiger charge is -2.08. The van der Waals surface area contributed by atoms with Crippen LogP contribution in [0.15, 0.2) is 47.4 Å². The molecule has 0 aliphatic carbocycles. The number of hydrogen-bond acceptors (Lipinski definition) is 3. The van der Waals surface area contributed by atoms with Gasteiger partial charge in [-0.1, -0.05) is 23.7 Å². The van der Waals surface area contributed by atoms with Crippen LogP contribution in [0.3, 0.4) is 0 Å². The summed E-state index contributed by atoms with van der Waals surface area (Å²) in [7, 11) is -1.54. The first-order valence-corrected chi connectivity index (χ1v) is 7.95. The van der Waals surface area contributed by atoms with Crippen LogP contribution in [0, 0.1) is 6.92 Å². The molecule has 0 spiro atoms. The minimum absolute atomic E-state index is 0.168. The van der Waals surface area contributed by atoms with Gasteiger partial charge >= 0.3 is 0 Å². The van der Waals surface area contributed by atoms with Gasteiger partial charge in [0.15, 0.2) is 0 Å². The first-order valence-electron chi connectivity index (χ1n) is 6.25. The number of nitrogen functional groups attached to an aromatic ring is 1. The minimum atomic E-state index is -1.54. The van der Waals surface area contributed by atoms with E-state index in [0.29, 0.717) is 21.3 Å². The summed E-state index contributed by atoms with van der Waals surface area (Å²) in [4.78, 5) is 12.3. The van der Waals surface area contributed by atoms with Crippen LogP contribution in [0.2, 0.25) is 5.02 Å². The Hall–Kier alpha value is -1.85. The van der Waals surface area contributed by atoms with E-state index in [-0.39, 0.29) is 11.7 Å². The number of nitrogens with two attached hydrogens (primary N) is 1. The van der Waals surface area contributed by atoms with Crippen LogP contribution in [0.4, 0.5) is 11.4 Å². The smallest absolute Gasteiger partial charge is 0.237 e. The Morgan fingerprint density at radius 1 is 1.29 bits per heavy atom. The summed E-state index contributed by atoms with van der Waals surface area (Å²) < 4.78 is 12.2. The molecule has 1 amide bonds. The molecule has 0 saturated heterocycles. The maximum Gasteiger partial charge on any atom is 0.237 e. The number of carbonyl (C=O) groups excluding carboxylic acids is 1. The molecule has 2 aromatic carbocycles. The Morgan fingerprint density at radius 3 is 2.76 bits per heavy atom. The van der Waals surface area contributed by atoms with E-state index < -0.39 is 10.8 Å². The second-order valence-corrected chi connectivity index (χ2v) is 6.45. The summed E-state index contributed by atoms with van der Waals surface area (Å²) >= 11 is 5.85. The lowest BCUT2D eigenvalue weighted by atomic mass is 10.2. The molecule has 0 saturated carbocycles. The van der Waals surface area contributed by atoms with Gasteiger partial charge in [0, 0.05) is 16.4 Å². The number of hydrogen-bond donors (Lipinski definition) is 2. The molecule has 110 valence electrons. The minimum Gasteiger partial charge on any atom is -0.398 e. The third-order valence-electron chi connectivity index (χ3n) is 2.78. The average molecular weight is 323 g/mol. The molecule has 3 N–H and O–H groups in total. The Balaban J connectivity index is 2.05. The summed E-state index contributed by atoms with van der Waals surface area (Å²) in [6.45, 7) is 1.93. The third kappa shape index (κ3) is 4.31. The number of nitrogens with one attached hydrogen (secondary N) is 1. The van der Waals surface area contributed by atoms with Gasteiger partial charge in [-0.2, -0.15) is 0 Å². The molecule has 0 aliphatic heterocycles. The van der Waals surface area contributed by atoms with E-state index >= 15 is 0 Å². The standard InChI is InChI=1S/C15H15ClN2O2S/c1-10-3-2-4-12(7-10)18-15(19)9-21(20)14-8-11(16)5-6-13(14)17/h2-8H,9,17H2,1H3,(H,18,19). The van der Waals surface area contributed by atoms with Crippen molar-refractivity contribution in [2.75, 3.05) is 16.8 Å². The maximum atomic E-state index is 12.2. The Bertz CT molecular complexity index is 704. The quantitative estimate of drug-likeness (QED) is 0.850. The molecule has 0 bridgehead atoms. The Kier molecular flexibility index (Phi) is 4.98. The zero-order valence-corrected chi connectivity index (χ0v) is 13.0. The first-order chi connectivity index (χ1) is 9.95. The van der Waals surface area contributed by atoms with Crippen LogP contribution >= 0.6 is 11.6 Å². The molecule has 1 unspecified atom stereocenters. The number of amides is 1. The van der Waals surface area contributed by atoms with Crippen LogP contribution in [-0.2, 0) is 15.6 Å². The van der Waals surface area contributed by atoms with Crippen molar-refractivity contribution in [3.05, 3.63) is 53.1 Å². The van der Waals surface area contributed by atoms with Crippen LogP contribution in [0.1, 0.15) is 5.56 Å². The van der Waals surface area contributed by atoms with Gasteiger partial charge in [-0.3, -0.25) is 9.00 Å². The number of halogens is 1. The molecule has 2 aromatic rings. The lowest BCUT2D eigenvalue weighted by molar-refractivity contribution is -0.113. The Morgan fingerprint density at radius 2 is 2.05 bits per heavy atom. The topological polar surface area (TPSA) is 72.2 Å². The van der Waals surface area contributed by atoms with Gasteiger partial charge in [-0.05, 0) is 42.8 Å². The van der Waals surface area contributed by atoms with Crippen molar-refractivity contribution in [1.82, 2.24) is 0 Å². The zero-order valence-electron chi connectivity index (χ0n) is 11.4. The molecule has 1 atom stereocenters. The van der Waals surface area contributed by atoms with E-state index in [1.54, 1.807) is 18.2 Å². The highest BCUT2D eigenvalue weighted by Crippen LogP contribution is 2.21. The SMILES string of the molecule is Cc1cccc(NC(=O)CS(=O)c2cc(Cl)ccc2N)c1. The average Bonchev–Trinajstić information content (AvgIpc) is 2.41. The molecule has 0 fully saturated rings. The number of rotatable bonds is 4. The normalized spacial score (nSPS) is 11.9. The summed E-state index contributed by atoms with van der Waals surface area (Å²) in [6, 6.07) is 12.1. The number of carbonyl (C=O) groups is 1. The summed E-state index contributed by atoms with van der Waals surface area (Å²) in [6.07, 6.45) is 0. The molecule has 0 aromatic heterocycles. The Labute approximate surface area is 130 Å². The van der Waals surface area contributed by atoms with Gasteiger partial charge in [0.05, 0.1) is 15.7 Å². The summed E-state index contributed by atoms with van der Waals surface area (Å²) in [5.41, 5.74) is 7.83. The van der Waals surface area contributed by atoms with Crippen molar-refractivity contribution >= 4 is 39.7 Å². The van der Waals surface area contributed by atoms with Crippen molar-refractivity contribution < 1.29 is 9.00 Å². The molecular weight excluding hydrogens is 308 g/mol. The molecule has 0 aliphatic rings. The van der Waals surface area contributed by atoms with Gasteiger partial charge in [0.25, 0.3) is 0 Å². The predicted molar refractivity (Wildman–Crippen MR) is 86.9 cm³/mol. The zero-order chi connectivity index (χ0) is 15.4. The monoisotopic (exact) mass is 322 g/mol. The molecule has 4 nitrogen and oxygen atoms in total. The molecule has 21 heavy (non-hydrogen) atoms. The fourth-order valence-corrected chi connectivity index (χ4v) is 3.11. The third-order valence-corrected chi connectivity index (χ3v) is 4.39. The molecule has 6 heteroatoms. The number of anilines is 2. The summed E-state index contributed by atoms with van der Waals surface area (Å²) in [5, 5.41) is 3.15. The first kappa shape index (κ1) is 15.5.